The van der Waals surface area contributed by atoms with Crippen LogP contribution in [-0.2, 0) is 30.3 Å². The van der Waals surface area contributed by atoms with Crippen molar-refractivity contribution in [2.24, 2.45) is 0 Å². The van der Waals surface area contributed by atoms with Gasteiger partial charge in [0.05, 0.1) is 30.2 Å². The van der Waals surface area contributed by atoms with Crippen molar-refractivity contribution in [3.05, 3.63) is 40.7 Å². The van der Waals surface area contributed by atoms with Crippen molar-refractivity contribution in [2.45, 2.75) is 39.4 Å². The smallest absolute Gasteiger partial charge is 0.378 e. The van der Waals surface area contributed by atoms with E-state index in [0.717, 1.165) is 11.4 Å². The summed E-state index contributed by atoms with van der Waals surface area (Å²) < 4.78 is 46.1. The van der Waals surface area contributed by atoms with E-state index >= 15 is 0 Å². The first kappa shape index (κ1) is 20.3. The maximum Gasteiger partial charge on any atom is 0.416 e. The summed E-state index contributed by atoms with van der Waals surface area (Å²) in [6.45, 7) is 6.08. The van der Waals surface area contributed by atoms with Crippen molar-refractivity contribution in [1.29, 1.82) is 0 Å². The second-order valence-electron chi connectivity index (χ2n) is 6.53. The van der Waals surface area contributed by atoms with Gasteiger partial charge in [-0.05, 0) is 30.5 Å². The Morgan fingerprint density at radius 1 is 1.07 bits per heavy atom. The minimum absolute atomic E-state index is 0.0332. The Hall–Kier alpha value is -2.42. The Bertz CT molecular complexity index is 807. The Balaban J connectivity index is 1.81. The van der Waals surface area contributed by atoms with Crippen LogP contribution < -0.4 is 10.2 Å². The first-order valence-corrected chi connectivity index (χ1v) is 9.41. The highest BCUT2D eigenvalue weighted by Gasteiger charge is 2.34. The molecule has 28 heavy (non-hydrogen) atoms. The van der Waals surface area contributed by atoms with Gasteiger partial charge in [0, 0.05) is 25.3 Å². The van der Waals surface area contributed by atoms with E-state index in [1.54, 1.807) is 6.07 Å². The Labute approximate surface area is 162 Å². The van der Waals surface area contributed by atoms with Crippen LogP contribution in [0.15, 0.2) is 18.2 Å². The molecular formula is C19H24F3N5O. The zero-order chi connectivity index (χ0) is 20.1. The molecule has 9 heteroatoms. The first-order valence-electron chi connectivity index (χ1n) is 9.41. The molecule has 1 aromatic heterocycles. The van der Waals surface area contributed by atoms with Crippen LogP contribution in [0.25, 0.3) is 0 Å². The quantitative estimate of drug-likeness (QED) is 0.808. The lowest BCUT2D eigenvalue weighted by Gasteiger charge is -2.29. The number of hydrogen-bond acceptors (Lipinski definition) is 6. The molecule has 1 aliphatic rings. The van der Waals surface area contributed by atoms with E-state index < -0.39 is 11.7 Å². The third-order valence-electron chi connectivity index (χ3n) is 4.72. The van der Waals surface area contributed by atoms with Crippen LogP contribution in [0.2, 0.25) is 0 Å². The van der Waals surface area contributed by atoms with Gasteiger partial charge < -0.3 is 15.0 Å². The van der Waals surface area contributed by atoms with Gasteiger partial charge >= 0.3 is 6.18 Å². The number of halogens is 3. The number of morpholine rings is 1. The number of nitrogens with zero attached hydrogens (tertiary/aromatic N) is 4. The summed E-state index contributed by atoms with van der Waals surface area (Å²) in [5.74, 6) is 0.236. The third kappa shape index (κ3) is 4.70. The van der Waals surface area contributed by atoms with E-state index in [9.17, 15) is 13.2 Å². The maximum absolute atomic E-state index is 13.6. The molecule has 6 nitrogen and oxygen atoms in total. The van der Waals surface area contributed by atoms with Gasteiger partial charge in [0.1, 0.15) is 0 Å². The highest BCUT2D eigenvalue weighted by atomic mass is 19.4. The van der Waals surface area contributed by atoms with Gasteiger partial charge in [0.25, 0.3) is 0 Å². The number of rotatable bonds is 6. The average Bonchev–Trinajstić information content (AvgIpc) is 2.71. The number of alkyl halides is 3. The minimum Gasteiger partial charge on any atom is -0.378 e. The van der Waals surface area contributed by atoms with E-state index in [2.05, 4.69) is 20.5 Å². The topological polar surface area (TPSA) is 63.2 Å². The fraction of sp³-hybridized carbons (Fsp3) is 0.526. The molecule has 0 atom stereocenters. The van der Waals surface area contributed by atoms with Crippen LogP contribution in [0, 0.1) is 0 Å². The molecule has 0 aliphatic carbocycles. The molecule has 1 aliphatic heterocycles. The van der Waals surface area contributed by atoms with Gasteiger partial charge in [0.15, 0.2) is 0 Å². The van der Waals surface area contributed by atoms with Crippen molar-refractivity contribution in [3.63, 3.8) is 0 Å². The van der Waals surface area contributed by atoms with Crippen molar-refractivity contribution in [1.82, 2.24) is 15.2 Å². The van der Waals surface area contributed by atoms with Crippen LogP contribution in [0.5, 0.6) is 0 Å². The fourth-order valence-corrected chi connectivity index (χ4v) is 3.19. The molecule has 0 spiro atoms. The Kier molecular flexibility index (Phi) is 6.33. The molecule has 1 N–H and O–H groups in total. The summed E-state index contributed by atoms with van der Waals surface area (Å²) in [5, 5.41) is 11.0. The second-order valence-corrected chi connectivity index (χ2v) is 6.53. The number of ether oxygens (including phenoxy) is 1. The number of anilines is 2. The zero-order valence-corrected chi connectivity index (χ0v) is 16.0. The normalized spacial score (nSPS) is 15.0. The minimum atomic E-state index is -4.45. The van der Waals surface area contributed by atoms with Crippen molar-refractivity contribution in [3.8, 4) is 0 Å². The van der Waals surface area contributed by atoms with Crippen molar-refractivity contribution < 1.29 is 17.9 Å². The van der Waals surface area contributed by atoms with E-state index in [1.807, 2.05) is 18.7 Å². The lowest BCUT2D eigenvalue weighted by molar-refractivity contribution is -0.138. The van der Waals surface area contributed by atoms with Crippen LogP contribution in [0.1, 0.15) is 36.4 Å². The molecule has 2 aromatic rings. The first-order chi connectivity index (χ1) is 13.4. The van der Waals surface area contributed by atoms with E-state index in [-0.39, 0.29) is 18.1 Å². The predicted octanol–water partition coefficient (Wildman–Crippen LogP) is 3.46. The molecule has 1 saturated heterocycles. The van der Waals surface area contributed by atoms with Crippen LogP contribution in [0.3, 0.4) is 0 Å². The summed E-state index contributed by atoms with van der Waals surface area (Å²) in [5.41, 5.74) is 1.65. The van der Waals surface area contributed by atoms with Gasteiger partial charge in [-0.1, -0.05) is 19.9 Å². The molecule has 0 saturated carbocycles. The zero-order valence-electron chi connectivity index (χ0n) is 16.0. The van der Waals surface area contributed by atoms with Crippen LogP contribution in [-0.4, -0.2) is 41.5 Å². The van der Waals surface area contributed by atoms with Crippen LogP contribution >= 0.6 is 0 Å². The molecule has 2 heterocycles. The second kappa shape index (κ2) is 8.72. The lowest BCUT2D eigenvalue weighted by atomic mass is 10.1. The standard InChI is InChI=1S/C19H24F3N5O/c1-3-16-17(4-2)25-26-18(24-16)23-12-13-5-6-14(11-15(13)19(20,21)22)27-7-9-28-10-8-27/h5-6,11H,3-4,7-10,12H2,1-2H3,(H,23,24,26). The largest absolute Gasteiger partial charge is 0.416 e. The van der Waals surface area contributed by atoms with Gasteiger partial charge in [-0.15, -0.1) is 5.10 Å². The highest BCUT2D eigenvalue weighted by molar-refractivity contribution is 5.52. The summed E-state index contributed by atoms with van der Waals surface area (Å²) >= 11 is 0. The maximum atomic E-state index is 13.6. The number of hydrogen-bond donors (Lipinski definition) is 1. The molecule has 0 bridgehead atoms. The fourth-order valence-electron chi connectivity index (χ4n) is 3.19. The number of aromatic nitrogens is 3. The number of benzene rings is 1. The lowest BCUT2D eigenvalue weighted by Crippen LogP contribution is -2.36. The van der Waals surface area contributed by atoms with Crippen LogP contribution in [0.4, 0.5) is 24.8 Å². The van der Waals surface area contributed by atoms with E-state index in [0.29, 0.717) is 44.8 Å². The van der Waals surface area contributed by atoms with Gasteiger partial charge in [-0.2, -0.15) is 18.3 Å². The van der Waals surface area contributed by atoms with E-state index in [1.165, 1.54) is 12.1 Å². The molecule has 0 unspecified atom stereocenters. The van der Waals surface area contributed by atoms with E-state index in [4.69, 9.17) is 4.74 Å². The number of aryl methyl sites for hydroxylation is 2. The molecule has 1 fully saturated rings. The Morgan fingerprint density at radius 3 is 2.43 bits per heavy atom. The molecule has 1 aromatic carbocycles. The predicted molar refractivity (Wildman–Crippen MR) is 100 cm³/mol. The van der Waals surface area contributed by atoms with Gasteiger partial charge in [-0.25, -0.2) is 4.98 Å². The summed E-state index contributed by atoms with van der Waals surface area (Å²) in [6.07, 6.45) is -3.04. The van der Waals surface area contributed by atoms with Crippen molar-refractivity contribution in [2.75, 3.05) is 36.5 Å². The average molecular weight is 395 g/mol. The number of nitrogens with one attached hydrogen (secondary N) is 1. The summed E-state index contributed by atoms with van der Waals surface area (Å²) in [7, 11) is 0. The third-order valence-corrected chi connectivity index (χ3v) is 4.72. The SMILES string of the molecule is CCc1nnc(NCc2ccc(N3CCOCC3)cc2C(F)(F)F)nc1CC. The summed E-state index contributed by atoms with van der Waals surface area (Å²) in [4.78, 5) is 6.27. The molecular weight excluding hydrogens is 371 g/mol. The van der Waals surface area contributed by atoms with Gasteiger partial charge in [0.2, 0.25) is 5.95 Å². The molecule has 0 radical (unpaired) electrons. The highest BCUT2D eigenvalue weighted by Crippen LogP contribution is 2.35. The monoisotopic (exact) mass is 395 g/mol. The molecule has 3 rings (SSSR count). The van der Waals surface area contributed by atoms with Crippen molar-refractivity contribution >= 4 is 11.6 Å². The Morgan fingerprint density at radius 2 is 1.79 bits per heavy atom. The molecule has 152 valence electrons. The van der Waals surface area contributed by atoms with Gasteiger partial charge in [-0.3, -0.25) is 0 Å². The summed E-state index contributed by atoms with van der Waals surface area (Å²) in [6, 6.07) is 4.43. The molecule has 0 amide bonds.